The summed E-state index contributed by atoms with van der Waals surface area (Å²) >= 11 is 1.79. The first-order valence-electron chi connectivity index (χ1n) is 10.1. The van der Waals surface area contributed by atoms with Gasteiger partial charge < -0.3 is 15.0 Å². The Morgan fingerprint density at radius 1 is 1.17 bits per heavy atom. The number of amides is 1. The van der Waals surface area contributed by atoms with Crippen molar-refractivity contribution in [3.05, 3.63) is 81.5 Å². The smallest absolute Gasteiger partial charge is 0.220 e. The van der Waals surface area contributed by atoms with Crippen molar-refractivity contribution >= 4 is 35.3 Å². The topological polar surface area (TPSA) is 41.6 Å². The molecule has 4 rings (SSSR count). The third-order valence-electron chi connectivity index (χ3n) is 5.35. The lowest BCUT2D eigenvalue weighted by Gasteiger charge is -2.35. The molecule has 4 nitrogen and oxygen atoms in total. The quantitative estimate of drug-likeness (QED) is 0.534. The van der Waals surface area contributed by atoms with E-state index in [1.807, 2.05) is 30.0 Å². The molecule has 1 aliphatic heterocycles. The van der Waals surface area contributed by atoms with Crippen LogP contribution in [0.1, 0.15) is 41.5 Å². The third-order valence-corrected chi connectivity index (χ3v) is 6.35. The van der Waals surface area contributed by atoms with Gasteiger partial charge in [-0.1, -0.05) is 30.3 Å². The van der Waals surface area contributed by atoms with Gasteiger partial charge in [-0.05, 0) is 54.1 Å². The molecule has 158 valence electrons. The number of rotatable bonds is 6. The number of nitrogens with zero attached hydrogens (tertiary/aromatic N) is 1. The SMILES string of the molecule is CCOc1ccccc1CNc1ccc(C2c3ccsc3CCN2C(C)=O)cc1.Cl. The molecule has 0 spiro atoms. The van der Waals surface area contributed by atoms with E-state index < -0.39 is 0 Å². The highest BCUT2D eigenvalue weighted by Gasteiger charge is 2.31. The molecule has 2 heterocycles. The summed E-state index contributed by atoms with van der Waals surface area (Å²) in [4.78, 5) is 15.6. The summed E-state index contributed by atoms with van der Waals surface area (Å²) in [6.45, 7) is 5.80. The first-order valence-corrected chi connectivity index (χ1v) is 10.9. The molecule has 0 saturated heterocycles. The zero-order valence-electron chi connectivity index (χ0n) is 17.3. The Morgan fingerprint density at radius 2 is 1.93 bits per heavy atom. The number of hydrogen-bond acceptors (Lipinski definition) is 4. The van der Waals surface area contributed by atoms with Crippen LogP contribution in [-0.2, 0) is 17.8 Å². The Balaban J connectivity index is 0.00000256. The molecule has 0 bridgehead atoms. The van der Waals surface area contributed by atoms with Crippen LogP contribution in [0.15, 0.2) is 60.0 Å². The number of carbonyl (C=O) groups excluding carboxylic acids is 1. The van der Waals surface area contributed by atoms with E-state index in [0.717, 1.165) is 35.5 Å². The van der Waals surface area contributed by atoms with E-state index in [4.69, 9.17) is 4.74 Å². The van der Waals surface area contributed by atoms with Gasteiger partial charge in [-0.3, -0.25) is 4.79 Å². The zero-order valence-corrected chi connectivity index (χ0v) is 18.9. The van der Waals surface area contributed by atoms with Crippen LogP contribution in [0.3, 0.4) is 0 Å². The van der Waals surface area contributed by atoms with Crippen molar-refractivity contribution in [2.24, 2.45) is 0 Å². The number of halogens is 1. The number of nitrogens with one attached hydrogen (secondary N) is 1. The molecule has 30 heavy (non-hydrogen) atoms. The lowest BCUT2D eigenvalue weighted by Crippen LogP contribution is -2.38. The number of fused-ring (bicyclic) bond motifs is 1. The van der Waals surface area contributed by atoms with Crippen LogP contribution in [-0.4, -0.2) is 24.0 Å². The highest BCUT2D eigenvalue weighted by Crippen LogP contribution is 2.38. The molecule has 0 radical (unpaired) electrons. The van der Waals surface area contributed by atoms with Gasteiger partial charge in [0, 0.05) is 36.1 Å². The van der Waals surface area contributed by atoms with Crippen molar-refractivity contribution < 1.29 is 9.53 Å². The van der Waals surface area contributed by atoms with Gasteiger partial charge in [-0.25, -0.2) is 0 Å². The third kappa shape index (κ3) is 4.63. The summed E-state index contributed by atoms with van der Waals surface area (Å²) in [6, 6.07) is 18.7. The average Bonchev–Trinajstić information content (AvgIpc) is 3.22. The Kier molecular flexibility index (Phi) is 7.40. The highest BCUT2D eigenvalue weighted by molar-refractivity contribution is 7.10. The number of thiophene rings is 1. The number of hydrogen-bond donors (Lipinski definition) is 1. The monoisotopic (exact) mass is 442 g/mol. The minimum atomic E-state index is 0. The van der Waals surface area contributed by atoms with Crippen LogP contribution in [0.25, 0.3) is 0 Å². The Bertz CT molecular complexity index is 987. The van der Waals surface area contributed by atoms with Crippen LogP contribution >= 0.6 is 23.7 Å². The number of ether oxygens (including phenoxy) is 1. The summed E-state index contributed by atoms with van der Waals surface area (Å²) in [6.07, 6.45) is 0.946. The van der Waals surface area contributed by atoms with Crippen LogP contribution < -0.4 is 10.1 Å². The molecule has 0 fully saturated rings. The maximum Gasteiger partial charge on any atom is 0.220 e. The second-order valence-electron chi connectivity index (χ2n) is 7.18. The summed E-state index contributed by atoms with van der Waals surface area (Å²) < 4.78 is 5.71. The largest absolute Gasteiger partial charge is 0.494 e. The molecular weight excluding hydrogens is 416 g/mol. The van der Waals surface area contributed by atoms with Crippen molar-refractivity contribution in [2.45, 2.75) is 32.9 Å². The molecule has 1 aliphatic rings. The van der Waals surface area contributed by atoms with Crippen LogP contribution in [0, 0.1) is 0 Å². The summed E-state index contributed by atoms with van der Waals surface area (Å²) in [5.41, 5.74) is 4.61. The van der Waals surface area contributed by atoms with Crippen molar-refractivity contribution in [1.29, 1.82) is 0 Å². The zero-order chi connectivity index (χ0) is 20.2. The molecule has 0 aliphatic carbocycles. The van der Waals surface area contributed by atoms with Gasteiger partial charge in [0.2, 0.25) is 5.91 Å². The maximum atomic E-state index is 12.2. The van der Waals surface area contributed by atoms with Gasteiger partial charge in [-0.15, -0.1) is 23.7 Å². The predicted molar refractivity (Wildman–Crippen MR) is 126 cm³/mol. The van der Waals surface area contributed by atoms with Crippen molar-refractivity contribution in [2.75, 3.05) is 18.5 Å². The Hall–Kier alpha value is -2.50. The lowest BCUT2D eigenvalue weighted by molar-refractivity contribution is -0.130. The van der Waals surface area contributed by atoms with E-state index in [1.54, 1.807) is 18.3 Å². The lowest BCUT2D eigenvalue weighted by atomic mass is 9.93. The van der Waals surface area contributed by atoms with E-state index in [-0.39, 0.29) is 24.4 Å². The van der Waals surface area contributed by atoms with Gasteiger partial charge in [0.05, 0.1) is 12.6 Å². The Labute approximate surface area is 188 Å². The minimum absolute atomic E-state index is 0. The fourth-order valence-electron chi connectivity index (χ4n) is 3.94. The molecule has 1 amide bonds. The van der Waals surface area contributed by atoms with Gasteiger partial charge in [0.25, 0.3) is 0 Å². The predicted octanol–water partition coefficient (Wildman–Crippen LogP) is 5.67. The van der Waals surface area contributed by atoms with E-state index in [2.05, 4.69) is 47.1 Å². The molecule has 2 aromatic carbocycles. The first-order chi connectivity index (χ1) is 14.2. The normalized spacial score (nSPS) is 15.1. The van der Waals surface area contributed by atoms with Gasteiger partial charge in [-0.2, -0.15) is 0 Å². The molecule has 6 heteroatoms. The van der Waals surface area contributed by atoms with E-state index in [9.17, 15) is 4.79 Å². The number of carbonyl (C=O) groups is 1. The van der Waals surface area contributed by atoms with E-state index in [0.29, 0.717) is 13.2 Å². The standard InChI is InChI=1S/C24H26N2O2S.ClH/c1-3-28-22-7-5-4-6-19(22)16-25-20-10-8-18(9-11-20)24-21-13-15-29-23(21)12-14-26(24)17(2)27;/h4-11,13,15,24-25H,3,12,14,16H2,1-2H3;1H. The van der Waals surface area contributed by atoms with Gasteiger partial charge in [0.1, 0.15) is 5.75 Å². The number of anilines is 1. The summed E-state index contributed by atoms with van der Waals surface area (Å²) in [7, 11) is 0. The van der Waals surface area contributed by atoms with Gasteiger partial charge >= 0.3 is 0 Å². The van der Waals surface area contributed by atoms with Crippen molar-refractivity contribution in [3.8, 4) is 5.75 Å². The molecule has 1 aromatic heterocycles. The van der Waals surface area contributed by atoms with Gasteiger partial charge in [0.15, 0.2) is 0 Å². The van der Waals surface area contributed by atoms with E-state index >= 15 is 0 Å². The fourth-order valence-corrected chi connectivity index (χ4v) is 4.85. The molecule has 3 aromatic rings. The van der Waals surface area contributed by atoms with Crippen molar-refractivity contribution in [1.82, 2.24) is 4.90 Å². The molecule has 1 N–H and O–H groups in total. The molecular formula is C24H27ClN2O2S. The molecule has 1 unspecified atom stereocenters. The summed E-state index contributed by atoms with van der Waals surface area (Å²) in [5.74, 6) is 1.05. The molecule has 1 atom stereocenters. The van der Waals surface area contributed by atoms with Crippen LogP contribution in [0.4, 0.5) is 5.69 Å². The second kappa shape index (κ2) is 10.0. The fraction of sp³-hybridized carbons (Fsp3) is 0.292. The Morgan fingerprint density at radius 3 is 2.67 bits per heavy atom. The highest BCUT2D eigenvalue weighted by atomic mass is 35.5. The first kappa shape index (κ1) is 22.2. The maximum absolute atomic E-state index is 12.2. The van der Waals surface area contributed by atoms with Crippen LogP contribution in [0.2, 0.25) is 0 Å². The number of para-hydroxylation sites is 1. The van der Waals surface area contributed by atoms with Crippen molar-refractivity contribution in [3.63, 3.8) is 0 Å². The van der Waals surface area contributed by atoms with E-state index in [1.165, 1.54) is 10.4 Å². The summed E-state index contributed by atoms with van der Waals surface area (Å²) in [5, 5.41) is 5.61. The molecule has 0 saturated carbocycles. The van der Waals surface area contributed by atoms with Crippen LogP contribution in [0.5, 0.6) is 5.75 Å². The minimum Gasteiger partial charge on any atom is -0.494 e. The average molecular weight is 443 g/mol. The number of benzene rings is 2. The second-order valence-corrected chi connectivity index (χ2v) is 8.18.